The fourth-order valence-electron chi connectivity index (χ4n) is 1.26. The molecule has 1 rings (SSSR count). The molecule has 0 aliphatic carbocycles. The molecule has 0 radical (unpaired) electrons. The van der Waals surface area contributed by atoms with Crippen LogP contribution in [-0.2, 0) is 6.42 Å². The second-order valence-corrected chi connectivity index (χ2v) is 3.42. The summed E-state index contributed by atoms with van der Waals surface area (Å²) < 4.78 is 36.6. The van der Waals surface area contributed by atoms with Gasteiger partial charge in [0.2, 0.25) is 0 Å². The van der Waals surface area contributed by atoms with E-state index in [4.69, 9.17) is 11.5 Å². The lowest BCUT2D eigenvalue weighted by atomic mass is 10.0. The van der Waals surface area contributed by atoms with Gasteiger partial charge in [-0.25, -0.2) is 0 Å². The van der Waals surface area contributed by atoms with E-state index in [2.05, 4.69) is 0 Å². The Bertz CT molecular complexity index is 297. The zero-order valence-corrected chi connectivity index (χ0v) is 8.04. The Hall–Kier alpha value is -1.07. The molecule has 0 spiro atoms. The summed E-state index contributed by atoms with van der Waals surface area (Å²) in [4.78, 5) is 0. The molecule has 0 heterocycles. The van der Waals surface area contributed by atoms with E-state index in [0.29, 0.717) is 0 Å². The summed E-state index contributed by atoms with van der Waals surface area (Å²) in [7, 11) is 0. The standard InChI is InChI=1S/C10H13F3N2/c11-10(12,13)9(15)8(14)6-7-4-2-1-3-5-7/h1-5,8-9H,6,14-15H2/t8-,9+/m0/s1. The Morgan fingerprint density at radius 1 is 1.07 bits per heavy atom. The highest BCUT2D eigenvalue weighted by atomic mass is 19.4. The van der Waals surface area contributed by atoms with Crippen molar-refractivity contribution in [3.8, 4) is 0 Å². The first-order valence-corrected chi connectivity index (χ1v) is 4.53. The van der Waals surface area contributed by atoms with Gasteiger partial charge in [0.05, 0.1) is 0 Å². The fraction of sp³-hybridized carbons (Fsp3) is 0.400. The molecule has 84 valence electrons. The number of halogens is 3. The van der Waals surface area contributed by atoms with E-state index in [1.54, 1.807) is 30.3 Å². The van der Waals surface area contributed by atoms with Crippen molar-refractivity contribution in [3.63, 3.8) is 0 Å². The second-order valence-electron chi connectivity index (χ2n) is 3.42. The van der Waals surface area contributed by atoms with Crippen molar-refractivity contribution in [1.29, 1.82) is 0 Å². The monoisotopic (exact) mass is 218 g/mol. The van der Waals surface area contributed by atoms with E-state index in [9.17, 15) is 13.2 Å². The molecular weight excluding hydrogens is 205 g/mol. The van der Waals surface area contributed by atoms with E-state index in [-0.39, 0.29) is 6.42 Å². The summed E-state index contributed by atoms with van der Waals surface area (Å²) in [5.41, 5.74) is 11.1. The predicted octanol–water partition coefficient (Wildman–Crippen LogP) is 1.45. The summed E-state index contributed by atoms with van der Waals surface area (Å²) in [6.07, 6.45) is -4.31. The van der Waals surface area contributed by atoms with Gasteiger partial charge in [-0.2, -0.15) is 13.2 Å². The first kappa shape index (κ1) is 12.0. The number of benzene rings is 1. The first-order chi connectivity index (χ1) is 6.91. The Balaban J connectivity index is 2.60. The third-order valence-electron chi connectivity index (χ3n) is 2.15. The number of hydrogen-bond acceptors (Lipinski definition) is 2. The SMILES string of the molecule is N[C@H]([C@@H](N)Cc1ccccc1)C(F)(F)F. The van der Waals surface area contributed by atoms with Crippen molar-refractivity contribution in [3.05, 3.63) is 35.9 Å². The number of hydrogen-bond donors (Lipinski definition) is 2. The summed E-state index contributed by atoms with van der Waals surface area (Å²) >= 11 is 0. The van der Waals surface area contributed by atoms with Gasteiger partial charge in [0, 0.05) is 6.04 Å². The molecule has 4 N–H and O–H groups in total. The van der Waals surface area contributed by atoms with Crippen LogP contribution in [-0.4, -0.2) is 18.3 Å². The smallest absolute Gasteiger partial charge is 0.326 e. The van der Waals surface area contributed by atoms with Crippen molar-refractivity contribution in [2.45, 2.75) is 24.7 Å². The van der Waals surface area contributed by atoms with Crippen LogP contribution in [0.1, 0.15) is 5.56 Å². The van der Waals surface area contributed by atoms with Crippen molar-refractivity contribution >= 4 is 0 Å². The molecule has 2 atom stereocenters. The minimum atomic E-state index is -4.44. The zero-order valence-electron chi connectivity index (χ0n) is 8.04. The first-order valence-electron chi connectivity index (χ1n) is 4.53. The molecule has 0 amide bonds. The van der Waals surface area contributed by atoms with Crippen LogP contribution in [0.2, 0.25) is 0 Å². The normalized spacial score (nSPS) is 16.1. The Morgan fingerprint density at radius 2 is 1.60 bits per heavy atom. The van der Waals surface area contributed by atoms with Crippen molar-refractivity contribution in [2.24, 2.45) is 11.5 Å². The summed E-state index contributed by atoms with van der Waals surface area (Å²) in [5.74, 6) is 0. The van der Waals surface area contributed by atoms with E-state index in [1.807, 2.05) is 0 Å². The maximum atomic E-state index is 12.2. The van der Waals surface area contributed by atoms with Gasteiger partial charge >= 0.3 is 6.18 Å². The number of nitrogens with two attached hydrogens (primary N) is 2. The van der Waals surface area contributed by atoms with Gasteiger partial charge in [-0.1, -0.05) is 30.3 Å². The molecule has 1 aromatic rings. The molecule has 0 unspecified atom stereocenters. The Kier molecular flexibility index (Phi) is 3.71. The van der Waals surface area contributed by atoms with Crippen LogP contribution >= 0.6 is 0 Å². The highest BCUT2D eigenvalue weighted by molar-refractivity contribution is 5.16. The van der Waals surface area contributed by atoms with Crippen molar-refractivity contribution in [1.82, 2.24) is 0 Å². The zero-order chi connectivity index (χ0) is 11.5. The summed E-state index contributed by atoms with van der Waals surface area (Å²) in [6, 6.07) is 5.66. The molecule has 0 saturated carbocycles. The highest BCUT2D eigenvalue weighted by Gasteiger charge is 2.40. The molecule has 5 heteroatoms. The predicted molar refractivity (Wildman–Crippen MR) is 52.2 cm³/mol. The molecule has 2 nitrogen and oxygen atoms in total. The lowest BCUT2D eigenvalue weighted by Gasteiger charge is -2.22. The molecule has 1 aromatic carbocycles. The van der Waals surface area contributed by atoms with Gasteiger partial charge in [-0.05, 0) is 12.0 Å². The van der Waals surface area contributed by atoms with E-state index >= 15 is 0 Å². The van der Waals surface area contributed by atoms with Crippen LogP contribution in [0.15, 0.2) is 30.3 Å². The summed E-state index contributed by atoms with van der Waals surface area (Å²) in [5, 5.41) is 0. The van der Waals surface area contributed by atoms with E-state index in [1.165, 1.54) is 0 Å². The van der Waals surface area contributed by atoms with Gasteiger partial charge in [0.25, 0.3) is 0 Å². The maximum Gasteiger partial charge on any atom is 0.405 e. The minimum Gasteiger partial charge on any atom is -0.326 e. The van der Waals surface area contributed by atoms with Crippen LogP contribution in [0.5, 0.6) is 0 Å². The molecule has 0 aliphatic heterocycles. The largest absolute Gasteiger partial charge is 0.405 e. The van der Waals surface area contributed by atoms with Gasteiger partial charge in [-0.3, -0.25) is 0 Å². The van der Waals surface area contributed by atoms with Crippen LogP contribution in [0.3, 0.4) is 0 Å². The van der Waals surface area contributed by atoms with E-state index in [0.717, 1.165) is 5.56 Å². The van der Waals surface area contributed by atoms with Gasteiger partial charge in [0.1, 0.15) is 6.04 Å². The average molecular weight is 218 g/mol. The topological polar surface area (TPSA) is 52.0 Å². The molecule has 15 heavy (non-hydrogen) atoms. The number of alkyl halides is 3. The van der Waals surface area contributed by atoms with Crippen LogP contribution in [0.25, 0.3) is 0 Å². The van der Waals surface area contributed by atoms with Crippen LogP contribution in [0.4, 0.5) is 13.2 Å². The molecule has 0 saturated heterocycles. The fourth-order valence-corrected chi connectivity index (χ4v) is 1.26. The van der Waals surface area contributed by atoms with E-state index < -0.39 is 18.3 Å². The van der Waals surface area contributed by atoms with Crippen LogP contribution in [0, 0.1) is 0 Å². The minimum absolute atomic E-state index is 0.127. The summed E-state index contributed by atoms with van der Waals surface area (Å²) in [6.45, 7) is 0. The van der Waals surface area contributed by atoms with Gasteiger partial charge in [-0.15, -0.1) is 0 Å². The lowest BCUT2D eigenvalue weighted by molar-refractivity contribution is -0.151. The highest BCUT2D eigenvalue weighted by Crippen LogP contribution is 2.21. The average Bonchev–Trinajstić information content (AvgIpc) is 2.16. The second kappa shape index (κ2) is 4.63. The van der Waals surface area contributed by atoms with Crippen LogP contribution < -0.4 is 11.5 Å². The van der Waals surface area contributed by atoms with Crippen molar-refractivity contribution in [2.75, 3.05) is 0 Å². The van der Waals surface area contributed by atoms with Crippen molar-refractivity contribution < 1.29 is 13.2 Å². The lowest BCUT2D eigenvalue weighted by Crippen LogP contribution is -2.52. The van der Waals surface area contributed by atoms with Gasteiger partial charge < -0.3 is 11.5 Å². The maximum absolute atomic E-state index is 12.2. The molecule has 0 fully saturated rings. The Labute approximate surface area is 86.1 Å². The third kappa shape index (κ3) is 3.53. The Morgan fingerprint density at radius 3 is 2.07 bits per heavy atom. The number of rotatable bonds is 3. The molecule has 0 bridgehead atoms. The quantitative estimate of drug-likeness (QED) is 0.806. The molecule has 0 aliphatic rings. The molecule has 0 aromatic heterocycles. The third-order valence-corrected chi connectivity index (χ3v) is 2.15. The van der Waals surface area contributed by atoms with Gasteiger partial charge in [0.15, 0.2) is 0 Å². The molecular formula is C10H13F3N2.